The Hall–Kier alpha value is -1.15. The van der Waals surface area contributed by atoms with E-state index in [2.05, 4.69) is 15.4 Å². The fraction of sp³-hybridized carbons (Fsp3) is 0.462. The van der Waals surface area contributed by atoms with Gasteiger partial charge in [0, 0.05) is 25.2 Å². The molecule has 0 aliphatic carbocycles. The second-order valence-electron chi connectivity index (χ2n) is 4.75. The zero-order valence-corrected chi connectivity index (χ0v) is 13.4. The smallest absolute Gasteiger partial charge is 0.251 e. The molecule has 0 bridgehead atoms. The first-order valence-electron chi connectivity index (χ1n) is 6.58. The normalized spacial score (nSPS) is 18.0. The lowest BCUT2D eigenvalue weighted by Crippen LogP contribution is -2.37. The topological polar surface area (TPSA) is 87.3 Å². The number of benzene rings is 1. The van der Waals surface area contributed by atoms with Crippen LogP contribution in [0.2, 0.25) is 0 Å². The molecule has 1 aromatic carbocycles. The molecule has 1 unspecified atom stereocenters. The van der Waals surface area contributed by atoms with Crippen LogP contribution in [0.3, 0.4) is 0 Å². The van der Waals surface area contributed by atoms with Gasteiger partial charge in [-0.2, -0.15) is 0 Å². The lowest BCUT2D eigenvalue weighted by molar-refractivity contribution is 0.0963. The molecule has 0 saturated carbocycles. The maximum atomic E-state index is 12.1. The van der Waals surface area contributed by atoms with E-state index in [0.717, 1.165) is 19.4 Å². The predicted octanol–water partition coefficient (Wildman–Crippen LogP) is 0.498. The van der Waals surface area contributed by atoms with Gasteiger partial charge in [0.05, 0.1) is 4.90 Å². The highest BCUT2D eigenvalue weighted by Gasteiger charge is 2.19. The minimum Gasteiger partial charge on any atom is -0.355 e. The minimum atomic E-state index is -3.52. The highest BCUT2D eigenvalue weighted by atomic mass is 35.5. The third-order valence-corrected chi connectivity index (χ3v) is 4.78. The summed E-state index contributed by atoms with van der Waals surface area (Å²) >= 11 is 0. The van der Waals surface area contributed by atoms with Crippen LogP contribution >= 0.6 is 12.4 Å². The average molecular weight is 334 g/mol. The number of nitrogens with one attached hydrogen (secondary N) is 3. The number of halogens is 1. The van der Waals surface area contributed by atoms with Gasteiger partial charge in [-0.05, 0) is 43.7 Å². The van der Waals surface area contributed by atoms with Crippen LogP contribution in [-0.2, 0) is 10.0 Å². The fourth-order valence-corrected chi connectivity index (χ4v) is 3.24. The van der Waals surface area contributed by atoms with E-state index in [-0.39, 0.29) is 29.3 Å². The Balaban J connectivity index is 0.00000220. The molecule has 21 heavy (non-hydrogen) atoms. The number of carbonyl (C=O) groups is 1. The Kier molecular flexibility index (Phi) is 6.60. The van der Waals surface area contributed by atoms with Gasteiger partial charge in [-0.3, -0.25) is 4.79 Å². The summed E-state index contributed by atoms with van der Waals surface area (Å²) in [6, 6.07) is 6.08. The second kappa shape index (κ2) is 7.74. The highest BCUT2D eigenvalue weighted by molar-refractivity contribution is 7.89. The monoisotopic (exact) mass is 333 g/mol. The summed E-state index contributed by atoms with van der Waals surface area (Å²) in [6.07, 6.45) is 2.06. The molecule has 1 fully saturated rings. The number of hydrogen-bond acceptors (Lipinski definition) is 4. The summed E-state index contributed by atoms with van der Waals surface area (Å²) in [5.41, 5.74) is 0.434. The largest absolute Gasteiger partial charge is 0.355 e. The van der Waals surface area contributed by atoms with Crippen molar-refractivity contribution in [2.75, 3.05) is 20.1 Å². The first-order valence-corrected chi connectivity index (χ1v) is 8.06. The second-order valence-corrected chi connectivity index (χ2v) is 6.52. The summed E-state index contributed by atoms with van der Waals surface area (Å²) in [4.78, 5) is 11.6. The van der Waals surface area contributed by atoms with Gasteiger partial charge in [0.15, 0.2) is 0 Å². The van der Waals surface area contributed by atoms with Crippen molar-refractivity contribution in [1.82, 2.24) is 15.4 Å². The molecular weight excluding hydrogens is 314 g/mol. The van der Waals surface area contributed by atoms with E-state index in [1.165, 1.54) is 31.3 Å². The molecule has 1 atom stereocenters. The number of hydrogen-bond donors (Lipinski definition) is 3. The number of rotatable bonds is 5. The molecule has 1 amide bonds. The molecule has 1 aliphatic heterocycles. The van der Waals surface area contributed by atoms with E-state index >= 15 is 0 Å². The number of sulfonamides is 1. The fourth-order valence-electron chi connectivity index (χ4n) is 2.15. The van der Waals surface area contributed by atoms with Crippen LogP contribution in [0, 0.1) is 0 Å². The van der Waals surface area contributed by atoms with E-state index in [0.29, 0.717) is 12.1 Å². The van der Waals surface area contributed by atoms with E-state index < -0.39 is 10.0 Å². The van der Waals surface area contributed by atoms with Crippen molar-refractivity contribution < 1.29 is 13.2 Å². The molecule has 1 heterocycles. The summed E-state index contributed by atoms with van der Waals surface area (Å²) < 4.78 is 26.8. The van der Waals surface area contributed by atoms with Crippen LogP contribution in [0.4, 0.5) is 0 Å². The SMILES string of the molecule is CNC(=O)c1ccc(S(=O)(=O)NCC2CCCN2)cc1.Cl. The van der Waals surface area contributed by atoms with Crippen molar-refractivity contribution in [3.8, 4) is 0 Å². The van der Waals surface area contributed by atoms with Crippen molar-refractivity contribution in [3.63, 3.8) is 0 Å². The Morgan fingerprint density at radius 3 is 2.52 bits per heavy atom. The quantitative estimate of drug-likeness (QED) is 0.732. The van der Waals surface area contributed by atoms with E-state index in [9.17, 15) is 13.2 Å². The van der Waals surface area contributed by atoms with Gasteiger partial charge in [0.1, 0.15) is 0 Å². The lowest BCUT2D eigenvalue weighted by Gasteiger charge is -2.12. The maximum absolute atomic E-state index is 12.1. The molecule has 0 aromatic heterocycles. The predicted molar refractivity (Wildman–Crippen MR) is 83.3 cm³/mol. The molecule has 0 spiro atoms. The average Bonchev–Trinajstić information content (AvgIpc) is 2.98. The Bertz CT molecular complexity index is 569. The van der Waals surface area contributed by atoms with Crippen LogP contribution < -0.4 is 15.4 Å². The van der Waals surface area contributed by atoms with Gasteiger partial charge >= 0.3 is 0 Å². The molecular formula is C13H20ClN3O3S. The van der Waals surface area contributed by atoms with Gasteiger partial charge in [-0.1, -0.05) is 0 Å². The summed E-state index contributed by atoms with van der Waals surface area (Å²) in [6.45, 7) is 1.33. The number of amides is 1. The number of carbonyl (C=O) groups excluding carboxylic acids is 1. The van der Waals surface area contributed by atoms with E-state index in [1.807, 2.05) is 0 Å². The van der Waals surface area contributed by atoms with Gasteiger partial charge < -0.3 is 10.6 Å². The Labute approximate surface area is 131 Å². The van der Waals surface area contributed by atoms with Crippen molar-refractivity contribution in [1.29, 1.82) is 0 Å². The highest BCUT2D eigenvalue weighted by Crippen LogP contribution is 2.11. The molecule has 8 heteroatoms. The summed E-state index contributed by atoms with van der Waals surface area (Å²) in [5.74, 6) is -0.239. The summed E-state index contributed by atoms with van der Waals surface area (Å²) in [7, 11) is -1.99. The van der Waals surface area contributed by atoms with Crippen LogP contribution in [0.1, 0.15) is 23.2 Å². The van der Waals surface area contributed by atoms with Crippen molar-refractivity contribution in [3.05, 3.63) is 29.8 Å². The van der Waals surface area contributed by atoms with Crippen LogP contribution in [0.5, 0.6) is 0 Å². The third-order valence-electron chi connectivity index (χ3n) is 3.34. The molecule has 118 valence electrons. The Morgan fingerprint density at radius 2 is 2.00 bits per heavy atom. The standard InChI is InChI=1S/C13H19N3O3S.ClH/c1-14-13(17)10-4-6-12(7-5-10)20(18,19)16-9-11-3-2-8-15-11;/h4-7,11,15-16H,2-3,8-9H2,1H3,(H,14,17);1H. The molecule has 1 saturated heterocycles. The minimum absolute atomic E-state index is 0. The lowest BCUT2D eigenvalue weighted by atomic mass is 10.2. The first kappa shape index (κ1) is 17.9. The molecule has 1 aliphatic rings. The first-order chi connectivity index (χ1) is 9.53. The van der Waals surface area contributed by atoms with Crippen LogP contribution in [-0.4, -0.2) is 40.5 Å². The zero-order valence-electron chi connectivity index (χ0n) is 11.8. The van der Waals surface area contributed by atoms with E-state index in [4.69, 9.17) is 0 Å². The zero-order chi connectivity index (χ0) is 14.6. The molecule has 0 radical (unpaired) electrons. The molecule has 3 N–H and O–H groups in total. The van der Waals surface area contributed by atoms with Gasteiger partial charge in [0.2, 0.25) is 10.0 Å². The van der Waals surface area contributed by atoms with Crippen molar-refractivity contribution in [2.24, 2.45) is 0 Å². The maximum Gasteiger partial charge on any atom is 0.251 e. The van der Waals surface area contributed by atoms with Crippen molar-refractivity contribution in [2.45, 2.75) is 23.8 Å². The molecule has 6 nitrogen and oxygen atoms in total. The van der Waals surface area contributed by atoms with Crippen LogP contribution in [0.15, 0.2) is 29.2 Å². The van der Waals surface area contributed by atoms with Gasteiger partial charge in [-0.25, -0.2) is 13.1 Å². The third kappa shape index (κ3) is 4.67. The molecule has 1 aromatic rings. The molecule has 2 rings (SSSR count). The Morgan fingerprint density at radius 1 is 1.33 bits per heavy atom. The summed E-state index contributed by atoms with van der Waals surface area (Å²) in [5, 5.41) is 5.72. The van der Waals surface area contributed by atoms with Crippen molar-refractivity contribution >= 4 is 28.3 Å². The van der Waals surface area contributed by atoms with Gasteiger partial charge in [0.25, 0.3) is 5.91 Å². The van der Waals surface area contributed by atoms with Gasteiger partial charge in [-0.15, -0.1) is 12.4 Å². The van der Waals surface area contributed by atoms with Crippen LogP contribution in [0.25, 0.3) is 0 Å². The van der Waals surface area contributed by atoms with E-state index in [1.54, 1.807) is 0 Å².